The quantitative estimate of drug-likeness (QED) is 0.893. The zero-order valence-corrected chi connectivity index (χ0v) is 11.8. The van der Waals surface area contributed by atoms with Gasteiger partial charge in [-0.05, 0) is 36.7 Å². The highest BCUT2D eigenvalue weighted by molar-refractivity contribution is 9.10. The summed E-state index contributed by atoms with van der Waals surface area (Å²) in [7, 11) is 2.11. The van der Waals surface area contributed by atoms with Gasteiger partial charge in [-0.15, -0.1) is 0 Å². The summed E-state index contributed by atoms with van der Waals surface area (Å²) >= 11 is 3.50. The van der Waals surface area contributed by atoms with Crippen molar-refractivity contribution in [1.29, 1.82) is 0 Å². The SMILES string of the molecule is CCC(C)CN(C)Cc1cc(O)ccc1Br. The lowest BCUT2D eigenvalue weighted by Gasteiger charge is -2.21. The van der Waals surface area contributed by atoms with E-state index in [0.717, 1.165) is 23.1 Å². The molecule has 2 nitrogen and oxygen atoms in total. The van der Waals surface area contributed by atoms with Crippen LogP contribution in [0.2, 0.25) is 0 Å². The van der Waals surface area contributed by atoms with Crippen molar-refractivity contribution in [2.75, 3.05) is 13.6 Å². The topological polar surface area (TPSA) is 23.5 Å². The maximum Gasteiger partial charge on any atom is 0.115 e. The van der Waals surface area contributed by atoms with Gasteiger partial charge < -0.3 is 10.0 Å². The molecule has 16 heavy (non-hydrogen) atoms. The summed E-state index contributed by atoms with van der Waals surface area (Å²) < 4.78 is 1.06. The van der Waals surface area contributed by atoms with Gasteiger partial charge in [-0.1, -0.05) is 36.2 Å². The molecule has 1 N–H and O–H groups in total. The fourth-order valence-electron chi connectivity index (χ4n) is 1.70. The van der Waals surface area contributed by atoms with Crippen molar-refractivity contribution in [3.8, 4) is 5.75 Å². The van der Waals surface area contributed by atoms with Crippen LogP contribution >= 0.6 is 15.9 Å². The Labute approximate surface area is 106 Å². The Morgan fingerprint density at radius 1 is 1.44 bits per heavy atom. The normalized spacial score (nSPS) is 13.1. The van der Waals surface area contributed by atoms with E-state index in [1.165, 1.54) is 6.42 Å². The number of phenolic OH excluding ortho intramolecular Hbond substituents is 1. The van der Waals surface area contributed by atoms with Crippen LogP contribution in [-0.4, -0.2) is 23.6 Å². The van der Waals surface area contributed by atoms with Crippen LogP contribution in [0.25, 0.3) is 0 Å². The van der Waals surface area contributed by atoms with Crippen LogP contribution in [0, 0.1) is 5.92 Å². The molecule has 1 rings (SSSR count). The van der Waals surface area contributed by atoms with Crippen LogP contribution < -0.4 is 0 Å². The summed E-state index contributed by atoms with van der Waals surface area (Å²) in [4.78, 5) is 2.29. The molecular formula is C13H20BrNO. The van der Waals surface area contributed by atoms with E-state index in [9.17, 15) is 5.11 Å². The minimum atomic E-state index is 0.329. The minimum Gasteiger partial charge on any atom is -0.508 e. The first-order chi connectivity index (χ1) is 7.52. The molecular weight excluding hydrogens is 266 g/mol. The number of hydrogen-bond donors (Lipinski definition) is 1. The average Bonchev–Trinajstić information content (AvgIpc) is 2.23. The molecule has 1 aromatic rings. The Morgan fingerprint density at radius 3 is 2.75 bits per heavy atom. The van der Waals surface area contributed by atoms with E-state index in [-0.39, 0.29) is 0 Å². The predicted octanol–water partition coefficient (Wildman–Crippen LogP) is 3.63. The number of hydrogen-bond acceptors (Lipinski definition) is 2. The zero-order chi connectivity index (χ0) is 12.1. The molecule has 0 amide bonds. The van der Waals surface area contributed by atoms with Gasteiger partial charge >= 0.3 is 0 Å². The fraction of sp³-hybridized carbons (Fsp3) is 0.538. The maximum absolute atomic E-state index is 9.44. The van der Waals surface area contributed by atoms with Gasteiger partial charge in [0.25, 0.3) is 0 Å². The monoisotopic (exact) mass is 285 g/mol. The van der Waals surface area contributed by atoms with Crippen LogP contribution in [0.15, 0.2) is 22.7 Å². The molecule has 0 fully saturated rings. The van der Waals surface area contributed by atoms with E-state index in [4.69, 9.17) is 0 Å². The number of benzene rings is 1. The van der Waals surface area contributed by atoms with Gasteiger partial charge in [-0.2, -0.15) is 0 Å². The Kier molecular flexibility index (Phi) is 5.29. The third-order valence-corrected chi connectivity index (χ3v) is 3.56. The van der Waals surface area contributed by atoms with Crippen molar-refractivity contribution in [3.05, 3.63) is 28.2 Å². The molecule has 0 saturated carbocycles. The van der Waals surface area contributed by atoms with Crippen molar-refractivity contribution in [1.82, 2.24) is 4.90 Å². The summed E-state index contributed by atoms with van der Waals surface area (Å²) in [5.74, 6) is 1.04. The van der Waals surface area contributed by atoms with Crippen molar-refractivity contribution >= 4 is 15.9 Å². The zero-order valence-electron chi connectivity index (χ0n) is 10.2. The second-order valence-corrected chi connectivity index (χ2v) is 5.34. The molecule has 0 radical (unpaired) electrons. The van der Waals surface area contributed by atoms with Crippen LogP contribution in [0.4, 0.5) is 0 Å². The van der Waals surface area contributed by atoms with E-state index in [1.54, 1.807) is 6.07 Å². The van der Waals surface area contributed by atoms with Crippen molar-refractivity contribution in [2.24, 2.45) is 5.92 Å². The van der Waals surface area contributed by atoms with Gasteiger partial charge in [0.1, 0.15) is 5.75 Å². The largest absolute Gasteiger partial charge is 0.508 e. The van der Waals surface area contributed by atoms with Crippen molar-refractivity contribution in [3.63, 3.8) is 0 Å². The van der Waals surface area contributed by atoms with Gasteiger partial charge in [-0.25, -0.2) is 0 Å². The van der Waals surface area contributed by atoms with Gasteiger partial charge in [0.05, 0.1) is 0 Å². The number of halogens is 1. The van der Waals surface area contributed by atoms with Crippen LogP contribution in [-0.2, 0) is 6.54 Å². The van der Waals surface area contributed by atoms with Gasteiger partial charge in [0.2, 0.25) is 0 Å². The average molecular weight is 286 g/mol. The van der Waals surface area contributed by atoms with E-state index in [2.05, 4.69) is 41.7 Å². The number of nitrogens with zero attached hydrogens (tertiary/aromatic N) is 1. The van der Waals surface area contributed by atoms with Gasteiger partial charge in [0.15, 0.2) is 0 Å². The summed E-state index contributed by atoms with van der Waals surface area (Å²) in [6.07, 6.45) is 1.20. The first-order valence-electron chi connectivity index (χ1n) is 5.68. The minimum absolute atomic E-state index is 0.329. The van der Waals surface area contributed by atoms with E-state index in [0.29, 0.717) is 11.7 Å². The van der Waals surface area contributed by atoms with Crippen LogP contribution in [0.5, 0.6) is 5.75 Å². The molecule has 0 saturated heterocycles. The van der Waals surface area contributed by atoms with Gasteiger partial charge in [-0.3, -0.25) is 0 Å². The molecule has 0 heterocycles. The molecule has 3 heteroatoms. The number of rotatable bonds is 5. The molecule has 1 unspecified atom stereocenters. The fourth-order valence-corrected chi connectivity index (χ4v) is 2.07. The molecule has 90 valence electrons. The molecule has 0 aliphatic carbocycles. The summed E-state index contributed by atoms with van der Waals surface area (Å²) in [6.45, 7) is 6.41. The van der Waals surface area contributed by atoms with Crippen LogP contribution in [0.3, 0.4) is 0 Å². The highest BCUT2D eigenvalue weighted by Gasteiger charge is 2.08. The molecule has 0 aliphatic heterocycles. The van der Waals surface area contributed by atoms with E-state index < -0.39 is 0 Å². The third kappa shape index (κ3) is 4.14. The third-order valence-electron chi connectivity index (χ3n) is 2.79. The second kappa shape index (κ2) is 6.26. The lowest BCUT2D eigenvalue weighted by molar-refractivity contribution is 0.274. The predicted molar refractivity (Wildman–Crippen MR) is 71.6 cm³/mol. The summed E-state index contributed by atoms with van der Waals surface area (Å²) in [6, 6.07) is 5.40. The maximum atomic E-state index is 9.44. The van der Waals surface area contributed by atoms with E-state index >= 15 is 0 Å². The first kappa shape index (κ1) is 13.5. The highest BCUT2D eigenvalue weighted by atomic mass is 79.9. The molecule has 0 aliphatic rings. The number of phenols is 1. The Balaban J connectivity index is 2.61. The molecule has 1 aromatic carbocycles. The lowest BCUT2D eigenvalue weighted by atomic mass is 10.1. The Hall–Kier alpha value is -0.540. The number of aromatic hydroxyl groups is 1. The standard InChI is InChI=1S/C13H20BrNO/c1-4-10(2)8-15(3)9-11-7-12(16)5-6-13(11)14/h5-7,10,16H,4,8-9H2,1-3H3. The molecule has 0 aromatic heterocycles. The highest BCUT2D eigenvalue weighted by Crippen LogP contribution is 2.23. The first-order valence-corrected chi connectivity index (χ1v) is 6.48. The molecule has 0 spiro atoms. The van der Waals surface area contributed by atoms with Crippen molar-refractivity contribution < 1.29 is 5.11 Å². The van der Waals surface area contributed by atoms with Crippen LogP contribution in [0.1, 0.15) is 25.8 Å². The summed E-state index contributed by atoms with van der Waals surface area (Å²) in [5, 5.41) is 9.44. The molecule has 0 bridgehead atoms. The van der Waals surface area contributed by atoms with Crippen molar-refractivity contribution in [2.45, 2.75) is 26.8 Å². The lowest BCUT2D eigenvalue weighted by Crippen LogP contribution is -2.23. The second-order valence-electron chi connectivity index (χ2n) is 4.49. The Morgan fingerprint density at radius 2 is 2.12 bits per heavy atom. The van der Waals surface area contributed by atoms with Gasteiger partial charge in [0, 0.05) is 17.6 Å². The smallest absolute Gasteiger partial charge is 0.115 e. The van der Waals surface area contributed by atoms with E-state index in [1.807, 2.05) is 12.1 Å². The summed E-state index contributed by atoms with van der Waals surface area (Å²) in [5.41, 5.74) is 1.13. The molecule has 1 atom stereocenters. The Bertz CT molecular complexity index is 341.